The average molecular weight is 453 g/mol. The van der Waals surface area contributed by atoms with Crippen molar-refractivity contribution in [2.45, 2.75) is 38.3 Å². The summed E-state index contributed by atoms with van der Waals surface area (Å²) in [7, 11) is 0. The van der Waals surface area contributed by atoms with Crippen LogP contribution in [0.2, 0.25) is 0 Å². The molecule has 170 valence electrons. The van der Waals surface area contributed by atoms with E-state index in [0.717, 1.165) is 50.4 Å². The fourth-order valence-electron chi connectivity index (χ4n) is 3.79. The first-order valence-corrected chi connectivity index (χ1v) is 10.7. The number of nitrogens with zero attached hydrogens (tertiary/aromatic N) is 3. The maximum atomic E-state index is 12.9. The number of aliphatic imine (C=N–C) groups is 1. The second kappa shape index (κ2) is 9.94. The minimum atomic E-state index is -4.47. The lowest BCUT2D eigenvalue weighted by Gasteiger charge is -2.18. The first kappa shape index (κ1) is 22.6. The molecule has 1 fully saturated rings. The number of amides is 1. The zero-order valence-corrected chi connectivity index (χ0v) is 17.8. The van der Waals surface area contributed by atoms with Crippen LogP contribution in [-0.4, -0.2) is 21.6 Å². The van der Waals surface area contributed by atoms with Gasteiger partial charge in [0.25, 0.3) is 0 Å². The van der Waals surface area contributed by atoms with Gasteiger partial charge in [0, 0.05) is 41.7 Å². The van der Waals surface area contributed by atoms with Crippen molar-refractivity contribution in [1.29, 1.82) is 0 Å². The van der Waals surface area contributed by atoms with Crippen LogP contribution in [0.3, 0.4) is 0 Å². The number of hydrogen-bond acceptors (Lipinski definition) is 4. The number of ether oxygens (including phenoxy) is 1. The molecule has 2 heterocycles. The van der Waals surface area contributed by atoms with Gasteiger partial charge in [-0.15, -0.1) is 0 Å². The van der Waals surface area contributed by atoms with Crippen LogP contribution in [0.1, 0.15) is 48.8 Å². The molecule has 8 heteroatoms. The average Bonchev–Trinajstić information content (AvgIpc) is 2.83. The van der Waals surface area contributed by atoms with Crippen molar-refractivity contribution in [3.8, 4) is 11.6 Å². The van der Waals surface area contributed by atoms with Gasteiger partial charge in [-0.3, -0.25) is 9.78 Å². The van der Waals surface area contributed by atoms with E-state index in [1.54, 1.807) is 42.7 Å². The molecule has 4 rings (SSSR count). The van der Waals surface area contributed by atoms with Crippen LogP contribution >= 0.6 is 0 Å². The van der Waals surface area contributed by atoms with Crippen molar-refractivity contribution in [3.05, 3.63) is 83.8 Å². The number of pyridine rings is 2. The fraction of sp³-hybridized carbons (Fsp3) is 0.280. The van der Waals surface area contributed by atoms with Gasteiger partial charge < -0.3 is 4.74 Å². The molecule has 0 saturated heterocycles. The summed E-state index contributed by atoms with van der Waals surface area (Å²) in [5.41, 5.74) is 0.948. The van der Waals surface area contributed by atoms with Gasteiger partial charge >= 0.3 is 6.18 Å². The van der Waals surface area contributed by atoms with Crippen molar-refractivity contribution in [2.75, 3.05) is 0 Å². The molecule has 1 aliphatic rings. The molecular weight excluding hydrogens is 431 g/mol. The lowest BCUT2D eigenvalue weighted by atomic mass is 9.88. The summed E-state index contributed by atoms with van der Waals surface area (Å²) >= 11 is 0. The van der Waals surface area contributed by atoms with E-state index in [9.17, 15) is 18.0 Å². The van der Waals surface area contributed by atoms with E-state index in [4.69, 9.17) is 4.74 Å². The van der Waals surface area contributed by atoms with Gasteiger partial charge in [-0.2, -0.15) is 13.2 Å². The standard InChI is InChI=1S/C25H22F3N3O2/c26-25(27,28)20-11-12-22(30-16-20)33-21-10-4-8-18(14-21)23(19-9-5-13-29-15-19)31-24(32)17-6-2-1-3-7-17/h4-5,8-17H,1-3,6-7H2. The Morgan fingerprint density at radius 2 is 1.76 bits per heavy atom. The summed E-state index contributed by atoms with van der Waals surface area (Å²) < 4.78 is 43.9. The van der Waals surface area contributed by atoms with Crippen LogP contribution in [-0.2, 0) is 11.0 Å². The highest BCUT2D eigenvalue weighted by atomic mass is 19.4. The first-order chi connectivity index (χ1) is 15.9. The number of hydrogen-bond donors (Lipinski definition) is 0. The third kappa shape index (κ3) is 5.83. The minimum absolute atomic E-state index is 0.0262. The SMILES string of the molecule is O=C(N=C(c1cccnc1)c1cccc(Oc2ccc(C(F)(F)F)cn2)c1)C1CCCCC1. The number of carbonyl (C=O) groups excluding carboxylic acids is 1. The molecule has 0 unspecified atom stereocenters. The highest BCUT2D eigenvalue weighted by Gasteiger charge is 2.30. The molecule has 3 aromatic rings. The van der Waals surface area contributed by atoms with E-state index >= 15 is 0 Å². The van der Waals surface area contributed by atoms with E-state index in [1.165, 1.54) is 0 Å². The van der Waals surface area contributed by atoms with Crippen LogP contribution in [0.15, 0.2) is 72.1 Å². The minimum Gasteiger partial charge on any atom is -0.439 e. The van der Waals surface area contributed by atoms with Gasteiger partial charge in [-0.1, -0.05) is 31.4 Å². The zero-order chi connectivity index (χ0) is 23.3. The number of halogens is 3. The van der Waals surface area contributed by atoms with E-state index in [-0.39, 0.29) is 17.7 Å². The monoisotopic (exact) mass is 453 g/mol. The molecule has 33 heavy (non-hydrogen) atoms. The Labute approximate surface area is 189 Å². The highest BCUT2D eigenvalue weighted by Crippen LogP contribution is 2.30. The predicted molar refractivity (Wildman–Crippen MR) is 117 cm³/mol. The molecule has 1 aromatic carbocycles. The van der Waals surface area contributed by atoms with E-state index in [2.05, 4.69) is 15.0 Å². The molecule has 0 spiro atoms. The molecule has 2 aromatic heterocycles. The Kier molecular flexibility index (Phi) is 6.82. The van der Waals surface area contributed by atoms with Crippen molar-refractivity contribution < 1.29 is 22.7 Å². The molecule has 1 amide bonds. The van der Waals surface area contributed by atoms with Crippen LogP contribution in [0, 0.1) is 5.92 Å². The summed E-state index contributed by atoms with van der Waals surface area (Å²) in [6.45, 7) is 0. The van der Waals surface area contributed by atoms with E-state index in [1.807, 2.05) is 6.07 Å². The van der Waals surface area contributed by atoms with Gasteiger partial charge in [0.05, 0.1) is 11.3 Å². The van der Waals surface area contributed by atoms with Crippen molar-refractivity contribution in [1.82, 2.24) is 9.97 Å². The quantitative estimate of drug-likeness (QED) is 0.430. The Balaban J connectivity index is 1.62. The van der Waals surface area contributed by atoms with Gasteiger partial charge in [0.1, 0.15) is 5.75 Å². The van der Waals surface area contributed by atoms with Crippen LogP contribution in [0.5, 0.6) is 11.6 Å². The molecule has 5 nitrogen and oxygen atoms in total. The molecule has 0 atom stereocenters. The maximum absolute atomic E-state index is 12.9. The summed E-state index contributed by atoms with van der Waals surface area (Å²) in [4.78, 5) is 25.3. The zero-order valence-electron chi connectivity index (χ0n) is 17.8. The largest absolute Gasteiger partial charge is 0.439 e. The Morgan fingerprint density at radius 1 is 0.970 bits per heavy atom. The Morgan fingerprint density at radius 3 is 2.42 bits per heavy atom. The predicted octanol–water partition coefficient (Wildman–Crippen LogP) is 6.23. The van der Waals surface area contributed by atoms with Crippen LogP contribution in [0.25, 0.3) is 0 Å². The van der Waals surface area contributed by atoms with Crippen LogP contribution in [0.4, 0.5) is 13.2 Å². The smallest absolute Gasteiger partial charge is 0.417 e. The van der Waals surface area contributed by atoms with Crippen molar-refractivity contribution >= 4 is 11.6 Å². The lowest BCUT2D eigenvalue weighted by molar-refractivity contribution is -0.137. The van der Waals surface area contributed by atoms with Gasteiger partial charge in [-0.25, -0.2) is 9.98 Å². The number of rotatable bonds is 5. The van der Waals surface area contributed by atoms with Crippen molar-refractivity contribution in [3.63, 3.8) is 0 Å². The molecule has 1 saturated carbocycles. The molecular formula is C25H22F3N3O2. The van der Waals surface area contributed by atoms with Gasteiger partial charge in [0.2, 0.25) is 11.8 Å². The van der Waals surface area contributed by atoms with E-state index < -0.39 is 11.7 Å². The summed E-state index contributed by atoms with van der Waals surface area (Å²) in [5.74, 6) is 0.158. The summed E-state index contributed by atoms with van der Waals surface area (Å²) in [5, 5.41) is 0. The first-order valence-electron chi connectivity index (χ1n) is 10.7. The number of aromatic nitrogens is 2. The second-order valence-electron chi connectivity index (χ2n) is 7.89. The van der Waals surface area contributed by atoms with Crippen LogP contribution < -0.4 is 4.74 Å². The Hall–Kier alpha value is -3.55. The molecule has 1 aliphatic carbocycles. The topological polar surface area (TPSA) is 64.4 Å². The number of benzene rings is 1. The third-order valence-corrected chi connectivity index (χ3v) is 5.50. The van der Waals surface area contributed by atoms with E-state index in [0.29, 0.717) is 22.6 Å². The Bertz CT molecular complexity index is 1120. The summed E-state index contributed by atoms with van der Waals surface area (Å²) in [6.07, 6.45) is 4.40. The molecule has 0 N–H and O–H groups in total. The lowest BCUT2D eigenvalue weighted by Crippen LogP contribution is -2.18. The maximum Gasteiger partial charge on any atom is 0.417 e. The third-order valence-electron chi connectivity index (χ3n) is 5.50. The number of alkyl halides is 3. The molecule has 0 bridgehead atoms. The van der Waals surface area contributed by atoms with Gasteiger partial charge in [-0.05, 0) is 43.2 Å². The molecule has 0 radical (unpaired) electrons. The summed E-state index contributed by atoms with van der Waals surface area (Å²) in [6, 6.07) is 12.5. The van der Waals surface area contributed by atoms with Gasteiger partial charge in [0.15, 0.2) is 0 Å². The number of carbonyl (C=O) groups is 1. The van der Waals surface area contributed by atoms with Crippen molar-refractivity contribution in [2.24, 2.45) is 10.9 Å². The fourth-order valence-corrected chi connectivity index (χ4v) is 3.79. The second-order valence-corrected chi connectivity index (χ2v) is 7.89. The highest BCUT2D eigenvalue weighted by molar-refractivity contribution is 6.16. The normalized spacial score (nSPS) is 15.3. The molecule has 0 aliphatic heterocycles.